The van der Waals surface area contributed by atoms with E-state index in [1.165, 1.54) is 37.7 Å². The Morgan fingerprint density at radius 3 is 1.86 bits per heavy atom. The van der Waals surface area contributed by atoms with Crippen molar-refractivity contribution < 1.29 is 1.43 Å². The summed E-state index contributed by atoms with van der Waals surface area (Å²) in [6, 6.07) is 10.3. The van der Waals surface area contributed by atoms with Crippen molar-refractivity contribution >= 4 is 0 Å². The molecule has 0 bridgehead atoms. The highest BCUT2D eigenvalue weighted by molar-refractivity contribution is 5.11. The van der Waals surface area contributed by atoms with Crippen molar-refractivity contribution in [1.29, 1.82) is 0 Å². The van der Waals surface area contributed by atoms with E-state index in [1.807, 2.05) is 18.2 Å². The van der Waals surface area contributed by atoms with Crippen molar-refractivity contribution in [3.05, 3.63) is 35.9 Å². The molecular weight excluding hydrogens is 168 g/mol. The molecule has 0 heteroatoms. The summed E-state index contributed by atoms with van der Waals surface area (Å²) in [5.74, 6) is 1.04. The minimum Gasteiger partial charge on any atom is -0.0625 e. The summed E-state index contributed by atoms with van der Waals surface area (Å²) < 4.78 is 0. The summed E-state index contributed by atoms with van der Waals surface area (Å²) in [5, 5.41) is 0. The lowest BCUT2D eigenvalue weighted by Crippen LogP contribution is -1.99. The highest BCUT2D eigenvalue weighted by Gasteiger charge is 2.05. The Labute approximate surface area is 89.8 Å². The lowest BCUT2D eigenvalue weighted by molar-refractivity contribution is 0.385. The molecule has 80 valence electrons. The molecule has 0 heterocycles. The molecule has 0 atom stereocenters. The Hall–Kier alpha value is -0.780. The molecule has 14 heavy (non-hydrogen) atoms. The second-order valence-corrected chi connectivity index (χ2v) is 4.40. The van der Waals surface area contributed by atoms with E-state index in [1.54, 1.807) is 0 Å². The molecule has 0 amide bonds. The van der Waals surface area contributed by atoms with Crippen LogP contribution in [0.15, 0.2) is 30.3 Å². The Balaban J connectivity index is 0.000000245. The third kappa shape index (κ3) is 5.06. The van der Waals surface area contributed by atoms with Crippen LogP contribution in [-0.2, 0) is 0 Å². The third-order valence-corrected chi connectivity index (χ3v) is 2.83. The zero-order chi connectivity index (χ0) is 10.2. The van der Waals surface area contributed by atoms with Gasteiger partial charge in [0.25, 0.3) is 0 Å². The Kier molecular flexibility index (Phi) is 5.36. The summed E-state index contributed by atoms with van der Waals surface area (Å²) in [7, 11) is 0. The first kappa shape index (κ1) is 11.3. The topological polar surface area (TPSA) is 0 Å². The number of hydrogen-bond acceptors (Lipinski definition) is 0. The summed E-state index contributed by atoms with van der Waals surface area (Å²) >= 11 is 0. The van der Waals surface area contributed by atoms with Gasteiger partial charge in [-0.1, -0.05) is 74.9 Å². The van der Waals surface area contributed by atoms with Gasteiger partial charge in [0.2, 0.25) is 0 Å². The molecule has 0 N–H and O–H groups in total. The van der Waals surface area contributed by atoms with Gasteiger partial charge in [-0.15, -0.1) is 0 Å². The zero-order valence-corrected chi connectivity index (χ0v) is 9.50. The van der Waals surface area contributed by atoms with Crippen LogP contribution in [0.3, 0.4) is 0 Å². The maximum atomic E-state index is 2.36. The quantitative estimate of drug-likeness (QED) is 0.552. The molecule has 1 aromatic carbocycles. The number of aryl methyl sites for hydroxylation is 1. The summed E-state index contributed by atoms with van der Waals surface area (Å²) in [6.07, 6.45) is 7.44. The number of benzene rings is 1. The van der Waals surface area contributed by atoms with Gasteiger partial charge >= 0.3 is 0 Å². The molecule has 1 aliphatic rings. The largest absolute Gasteiger partial charge is 0.0625 e. The van der Waals surface area contributed by atoms with Crippen LogP contribution in [0.2, 0.25) is 0 Å². The third-order valence-electron chi connectivity index (χ3n) is 2.83. The van der Waals surface area contributed by atoms with Gasteiger partial charge in [-0.3, -0.25) is 0 Å². The van der Waals surface area contributed by atoms with Crippen molar-refractivity contribution in [3.8, 4) is 0 Å². The van der Waals surface area contributed by atoms with E-state index in [2.05, 4.69) is 26.0 Å². The lowest BCUT2D eigenvalue weighted by atomic mass is 9.91. The van der Waals surface area contributed by atoms with Crippen LogP contribution in [0.25, 0.3) is 0 Å². The maximum absolute atomic E-state index is 2.36. The first-order chi connectivity index (χ1) is 6.79. The predicted octanol–water partition coefficient (Wildman–Crippen LogP) is 4.83. The average Bonchev–Trinajstić information content (AvgIpc) is 2.21. The maximum Gasteiger partial charge on any atom is 0 e. The molecule has 0 radical (unpaired) electrons. The van der Waals surface area contributed by atoms with Gasteiger partial charge in [-0.25, -0.2) is 0 Å². The molecule has 0 nitrogen and oxygen atoms in total. The zero-order valence-electron chi connectivity index (χ0n) is 9.50. The highest BCUT2D eigenvalue weighted by atomic mass is 14.1. The van der Waals surface area contributed by atoms with Gasteiger partial charge in [0.05, 0.1) is 0 Å². The second kappa shape index (κ2) is 6.64. The highest BCUT2D eigenvalue weighted by Crippen LogP contribution is 2.22. The van der Waals surface area contributed by atoms with Gasteiger partial charge in [-0.05, 0) is 12.8 Å². The molecule has 2 rings (SSSR count). The Morgan fingerprint density at radius 1 is 1.00 bits per heavy atom. The number of rotatable bonds is 0. The first-order valence-corrected chi connectivity index (χ1v) is 5.80. The van der Waals surface area contributed by atoms with Crippen LogP contribution in [0.1, 0.15) is 46.0 Å². The molecule has 1 aromatic rings. The second-order valence-electron chi connectivity index (χ2n) is 4.40. The van der Waals surface area contributed by atoms with Crippen LogP contribution in [-0.4, -0.2) is 0 Å². The van der Waals surface area contributed by atoms with E-state index in [9.17, 15) is 0 Å². The lowest BCUT2D eigenvalue weighted by Gasteiger charge is -2.15. The molecule has 0 saturated heterocycles. The molecule has 1 aliphatic carbocycles. The van der Waals surface area contributed by atoms with Crippen LogP contribution >= 0.6 is 0 Å². The number of hydrogen-bond donors (Lipinski definition) is 0. The van der Waals surface area contributed by atoms with Gasteiger partial charge in [-0.2, -0.15) is 0 Å². The van der Waals surface area contributed by atoms with Crippen molar-refractivity contribution in [1.82, 2.24) is 0 Å². The van der Waals surface area contributed by atoms with E-state index in [0.717, 1.165) is 5.92 Å². The van der Waals surface area contributed by atoms with Crippen LogP contribution in [0.4, 0.5) is 0 Å². The summed E-state index contributed by atoms with van der Waals surface area (Å²) in [5.41, 5.74) is 1.32. The van der Waals surface area contributed by atoms with E-state index in [-0.39, 0.29) is 1.43 Å². The van der Waals surface area contributed by atoms with Crippen molar-refractivity contribution in [2.45, 2.75) is 46.0 Å². The van der Waals surface area contributed by atoms with Crippen molar-refractivity contribution in [2.75, 3.05) is 0 Å². The molecule has 0 aliphatic heterocycles. The molecule has 0 unspecified atom stereocenters. The van der Waals surface area contributed by atoms with E-state index in [0.29, 0.717) is 0 Å². The standard InChI is InChI=1S/C7H14.C7H8.H2/c2*1-7-5-3-2-4-6-7;/h7H,2-6H2,1H3;2-6H,1H3;1H. The van der Waals surface area contributed by atoms with E-state index < -0.39 is 0 Å². The van der Waals surface area contributed by atoms with Gasteiger partial charge in [0.15, 0.2) is 0 Å². The normalized spacial score (nSPS) is 17.0. The average molecular weight is 192 g/mol. The monoisotopic (exact) mass is 192 g/mol. The minimum atomic E-state index is 0. The SMILES string of the molecule is CC1CCCCC1.Cc1ccccc1.[HH]. The van der Waals surface area contributed by atoms with Crippen LogP contribution in [0.5, 0.6) is 0 Å². The fourth-order valence-corrected chi connectivity index (χ4v) is 1.84. The van der Waals surface area contributed by atoms with Crippen LogP contribution in [0, 0.1) is 12.8 Å². The fourth-order valence-electron chi connectivity index (χ4n) is 1.84. The summed E-state index contributed by atoms with van der Waals surface area (Å²) in [4.78, 5) is 0. The van der Waals surface area contributed by atoms with Crippen molar-refractivity contribution in [2.24, 2.45) is 5.92 Å². The minimum absolute atomic E-state index is 0. The van der Waals surface area contributed by atoms with E-state index in [4.69, 9.17) is 0 Å². The van der Waals surface area contributed by atoms with Crippen LogP contribution < -0.4 is 0 Å². The Morgan fingerprint density at radius 2 is 1.57 bits per heavy atom. The Bertz CT molecular complexity index is 224. The molecule has 0 aromatic heterocycles. The van der Waals surface area contributed by atoms with Gasteiger partial charge in [0, 0.05) is 1.43 Å². The first-order valence-electron chi connectivity index (χ1n) is 5.80. The molecular formula is C14H24. The molecule has 1 saturated carbocycles. The van der Waals surface area contributed by atoms with Gasteiger partial charge < -0.3 is 0 Å². The molecule has 1 fully saturated rings. The van der Waals surface area contributed by atoms with E-state index >= 15 is 0 Å². The van der Waals surface area contributed by atoms with Gasteiger partial charge in [0.1, 0.15) is 0 Å². The fraction of sp³-hybridized carbons (Fsp3) is 0.571. The summed E-state index contributed by atoms with van der Waals surface area (Å²) in [6.45, 7) is 4.44. The van der Waals surface area contributed by atoms with Crippen molar-refractivity contribution in [3.63, 3.8) is 0 Å². The smallest absolute Gasteiger partial charge is 0 e. The predicted molar refractivity (Wildman–Crippen MR) is 65.5 cm³/mol. The molecule has 0 spiro atoms.